The molecule has 0 aliphatic rings. The summed E-state index contributed by atoms with van der Waals surface area (Å²) < 4.78 is 0. The van der Waals surface area contributed by atoms with Gasteiger partial charge in [0.25, 0.3) is 5.91 Å². The Morgan fingerprint density at radius 1 is 0.952 bits per heavy atom. The molecule has 0 radical (unpaired) electrons. The first-order valence-corrected chi connectivity index (χ1v) is 5.55. The summed E-state index contributed by atoms with van der Waals surface area (Å²) in [5.41, 5.74) is -0.814. The molecule has 110 valence electrons. The van der Waals surface area contributed by atoms with Gasteiger partial charge in [-0.25, -0.2) is 14.4 Å². The Labute approximate surface area is 118 Å². The van der Waals surface area contributed by atoms with Crippen LogP contribution < -0.4 is 5.32 Å². The molecule has 0 bridgehead atoms. The van der Waals surface area contributed by atoms with Crippen LogP contribution in [0.2, 0.25) is 0 Å². The smallest absolute Gasteiger partial charge is 0.335 e. The number of anilines is 1. The fourth-order valence-corrected chi connectivity index (χ4v) is 1.43. The minimum Gasteiger partial charge on any atom is -0.478 e. The lowest BCUT2D eigenvalue weighted by Crippen LogP contribution is -2.15. The molecule has 1 aromatic carbocycles. The molecular weight excluding hydrogens is 282 g/mol. The van der Waals surface area contributed by atoms with Crippen LogP contribution in [0.1, 0.15) is 27.6 Å². The molecule has 0 unspecified atom stereocenters. The van der Waals surface area contributed by atoms with E-state index >= 15 is 0 Å². The number of amides is 1. The normalized spacial score (nSPS) is 10.8. The van der Waals surface area contributed by atoms with Crippen molar-refractivity contribution < 1.29 is 34.5 Å². The average molecular weight is 293 g/mol. The van der Waals surface area contributed by atoms with Gasteiger partial charge >= 0.3 is 17.9 Å². The third kappa shape index (κ3) is 4.46. The molecule has 0 heterocycles. The highest BCUT2D eigenvalue weighted by Crippen LogP contribution is 2.16. The first kappa shape index (κ1) is 15.9. The lowest BCUT2D eigenvalue weighted by atomic mass is 10.1. The molecule has 0 saturated carbocycles. The Kier molecular flexibility index (Phi) is 4.79. The van der Waals surface area contributed by atoms with Crippen LogP contribution in [-0.4, -0.2) is 39.1 Å². The van der Waals surface area contributed by atoms with Crippen molar-refractivity contribution in [3.05, 3.63) is 41.0 Å². The van der Waals surface area contributed by atoms with Crippen molar-refractivity contribution in [1.29, 1.82) is 0 Å². The summed E-state index contributed by atoms with van der Waals surface area (Å²) >= 11 is 0. The van der Waals surface area contributed by atoms with Crippen LogP contribution >= 0.6 is 0 Å². The second-order valence-electron chi connectivity index (χ2n) is 4.03. The van der Waals surface area contributed by atoms with E-state index in [0.717, 1.165) is 18.2 Å². The van der Waals surface area contributed by atoms with Gasteiger partial charge in [-0.05, 0) is 25.1 Å². The van der Waals surface area contributed by atoms with E-state index in [9.17, 15) is 19.2 Å². The average Bonchev–Trinajstić information content (AvgIpc) is 2.37. The van der Waals surface area contributed by atoms with E-state index in [1.54, 1.807) is 0 Å². The van der Waals surface area contributed by atoms with Crippen molar-refractivity contribution in [1.82, 2.24) is 0 Å². The first-order valence-electron chi connectivity index (χ1n) is 5.55. The number of carbonyl (C=O) groups is 4. The van der Waals surface area contributed by atoms with E-state index in [4.69, 9.17) is 15.3 Å². The minimum absolute atomic E-state index is 0.0598. The quantitative estimate of drug-likeness (QED) is 0.594. The summed E-state index contributed by atoms with van der Waals surface area (Å²) in [7, 11) is 0. The third-order valence-corrected chi connectivity index (χ3v) is 2.38. The predicted octanol–water partition coefficient (Wildman–Crippen LogP) is 1.05. The van der Waals surface area contributed by atoms with Crippen LogP contribution in [0.15, 0.2) is 29.8 Å². The highest BCUT2D eigenvalue weighted by atomic mass is 16.4. The molecule has 4 N–H and O–H groups in total. The van der Waals surface area contributed by atoms with Crippen molar-refractivity contribution in [2.75, 3.05) is 5.32 Å². The van der Waals surface area contributed by atoms with E-state index in [-0.39, 0.29) is 22.4 Å². The van der Waals surface area contributed by atoms with Gasteiger partial charge in [0.1, 0.15) is 0 Å². The molecular formula is C13H11NO7. The Morgan fingerprint density at radius 2 is 1.43 bits per heavy atom. The number of nitrogens with one attached hydrogen (secondary N) is 1. The van der Waals surface area contributed by atoms with Crippen LogP contribution in [0.25, 0.3) is 0 Å². The Balaban J connectivity index is 3.13. The summed E-state index contributed by atoms with van der Waals surface area (Å²) in [5, 5.41) is 28.5. The molecule has 1 aromatic rings. The standard InChI is InChI=1S/C13H11NO7/c1-6(2-10(15)16)11(17)14-9-4-7(12(18)19)3-8(5-9)13(20)21/h2-5H,1H3,(H,14,17)(H,15,16)(H,18,19)(H,20,21)/b6-2-. The lowest BCUT2D eigenvalue weighted by molar-refractivity contribution is -0.131. The maximum absolute atomic E-state index is 11.7. The molecule has 0 aliphatic carbocycles. The Bertz CT molecular complexity index is 628. The number of aliphatic carboxylic acids is 1. The first-order chi connectivity index (χ1) is 9.70. The fraction of sp³-hybridized carbons (Fsp3) is 0.0769. The maximum atomic E-state index is 11.7. The van der Waals surface area contributed by atoms with Crippen LogP contribution in [0, 0.1) is 0 Å². The number of carboxylic acids is 3. The fourth-order valence-electron chi connectivity index (χ4n) is 1.43. The third-order valence-electron chi connectivity index (χ3n) is 2.38. The van der Waals surface area contributed by atoms with Gasteiger partial charge in [0.15, 0.2) is 0 Å². The van der Waals surface area contributed by atoms with Gasteiger partial charge < -0.3 is 20.6 Å². The number of benzene rings is 1. The Hall–Kier alpha value is -3.16. The highest BCUT2D eigenvalue weighted by molar-refractivity contribution is 6.07. The molecule has 0 aromatic heterocycles. The number of rotatable bonds is 5. The van der Waals surface area contributed by atoms with Crippen LogP contribution in [0.3, 0.4) is 0 Å². The SMILES string of the molecule is C/C(=C/C(=O)O)C(=O)Nc1cc(C(=O)O)cc(C(=O)O)c1. The van der Waals surface area contributed by atoms with Crippen molar-refractivity contribution in [3.8, 4) is 0 Å². The molecule has 21 heavy (non-hydrogen) atoms. The second-order valence-corrected chi connectivity index (χ2v) is 4.03. The van der Waals surface area contributed by atoms with Gasteiger partial charge in [-0.3, -0.25) is 4.79 Å². The van der Waals surface area contributed by atoms with Crippen molar-refractivity contribution >= 4 is 29.5 Å². The zero-order chi connectivity index (χ0) is 16.2. The van der Waals surface area contributed by atoms with E-state index in [1.165, 1.54) is 6.92 Å². The van der Waals surface area contributed by atoms with E-state index in [1.807, 2.05) is 0 Å². The molecule has 0 fully saturated rings. The lowest BCUT2D eigenvalue weighted by Gasteiger charge is -2.07. The van der Waals surface area contributed by atoms with Crippen LogP contribution in [0.5, 0.6) is 0 Å². The summed E-state index contributed by atoms with van der Waals surface area (Å²) in [6.45, 7) is 1.25. The topological polar surface area (TPSA) is 141 Å². The van der Waals surface area contributed by atoms with E-state index in [0.29, 0.717) is 6.08 Å². The molecule has 8 nitrogen and oxygen atoms in total. The van der Waals surface area contributed by atoms with Crippen molar-refractivity contribution in [2.45, 2.75) is 6.92 Å². The van der Waals surface area contributed by atoms with Gasteiger partial charge in [0.05, 0.1) is 11.1 Å². The second kappa shape index (κ2) is 6.33. The van der Waals surface area contributed by atoms with Gasteiger partial charge in [-0.1, -0.05) is 0 Å². The molecule has 1 amide bonds. The molecule has 0 atom stereocenters. The zero-order valence-corrected chi connectivity index (χ0v) is 10.8. The molecule has 0 saturated heterocycles. The van der Waals surface area contributed by atoms with Crippen LogP contribution in [0.4, 0.5) is 5.69 Å². The number of hydrogen-bond donors (Lipinski definition) is 4. The molecule has 0 aliphatic heterocycles. The number of carbonyl (C=O) groups excluding carboxylic acids is 1. The highest BCUT2D eigenvalue weighted by Gasteiger charge is 2.13. The van der Waals surface area contributed by atoms with Crippen molar-refractivity contribution in [3.63, 3.8) is 0 Å². The summed E-state index contributed by atoms with van der Waals surface area (Å²) in [6, 6.07) is 3.09. The van der Waals surface area contributed by atoms with Gasteiger partial charge in [0.2, 0.25) is 0 Å². The van der Waals surface area contributed by atoms with Crippen LogP contribution in [-0.2, 0) is 9.59 Å². The van der Waals surface area contributed by atoms with Gasteiger partial charge in [0, 0.05) is 17.3 Å². The zero-order valence-electron chi connectivity index (χ0n) is 10.8. The molecule has 0 spiro atoms. The minimum atomic E-state index is -1.36. The van der Waals surface area contributed by atoms with E-state index < -0.39 is 23.8 Å². The molecule has 8 heteroatoms. The van der Waals surface area contributed by atoms with Gasteiger partial charge in [-0.15, -0.1) is 0 Å². The largest absolute Gasteiger partial charge is 0.478 e. The summed E-state index contributed by atoms with van der Waals surface area (Å²) in [6.07, 6.45) is 0.675. The summed E-state index contributed by atoms with van der Waals surface area (Å²) in [4.78, 5) is 43.9. The van der Waals surface area contributed by atoms with Gasteiger partial charge in [-0.2, -0.15) is 0 Å². The summed E-state index contributed by atoms with van der Waals surface area (Å²) in [5.74, 6) is -4.80. The number of carboxylic acid groups (broad SMARTS) is 3. The Morgan fingerprint density at radius 3 is 1.81 bits per heavy atom. The monoisotopic (exact) mass is 293 g/mol. The molecule has 1 rings (SSSR count). The predicted molar refractivity (Wildman–Crippen MR) is 70.4 cm³/mol. The van der Waals surface area contributed by atoms with Crippen molar-refractivity contribution in [2.24, 2.45) is 0 Å². The maximum Gasteiger partial charge on any atom is 0.335 e. The number of aromatic carboxylic acids is 2. The van der Waals surface area contributed by atoms with E-state index in [2.05, 4.69) is 5.32 Å². The number of hydrogen-bond acceptors (Lipinski definition) is 4.